The Morgan fingerprint density at radius 3 is 2.50 bits per heavy atom. The normalized spacial score (nSPS) is 10.6. The van der Waals surface area contributed by atoms with E-state index in [2.05, 4.69) is 20.4 Å². The van der Waals surface area contributed by atoms with Gasteiger partial charge in [0.15, 0.2) is 5.13 Å². The minimum Gasteiger partial charge on any atom is -0.497 e. The van der Waals surface area contributed by atoms with E-state index in [4.69, 9.17) is 4.74 Å². The van der Waals surface area contributed by atoms with Gasteiger partial charge in [-0.05, 0) is 55.5 Å². The van der Waals surface area contributed by atoms with Gasteiger partial charge in [-0.15, -0.1) is 11.3 Å². The number of carbonyl (C=O) groups excluding carboxylic acids is 1. The van der Waals surface area contributed by atoms with E-state index < -0.39 is 0 Å². The van der Waals surface area contributed by atoms with Crippen molar-refractivity contribution in [3.8, 4) is 22.7 Å². The van der Waals surface area contributed by atoms with Crippen LogP contribution in [-0.2, 0) is 0 Å². The third-order valence-corrected chi connectivity index (χ3v) is 5.08. The molecule has 0 saturated carbocycles. The van der Waals surface area contributed by atoms with E-state index in [0.717, 1.165) is 27.6 Å². The molecule has 140 valence electrons. The molecule has 0 atom stereocenters. The molecule has 0 fully saturated rings. The van der Waals surface area contributed by atoms with Crippen molar-refractivity contribution in [3.63, 3.8) is 0 Å². The summed E-state index contributed by atoms with van der Waals surface area (Å²) in [5.41, 5.74) is 3.21. The number of benzene rings is 2. The van der Waals surface area contributed by atoms with Crippen molar-refractivity contribution in [2.75, 3.05) is 12.4 Å². The van der Waals surface area contributed by atoms with Gasteiger partial charge in [0, 0.05) is 16.0 Å². The predicted octanol–water partition coefficient (Wildman–Crippen LogP) is 3.96. The quantitative estimate of drug-likeness (QED) is 0.557. The lowest BCUT2D eigenvalue weighted by Crippen LogP contribution is -2.11. The van der Waals surface area contributed by atoms with Gasteiger partial charge in [-0.1, -0.05) is 0 Å². The Morgan fingerprint density at radius 1 is 1.11 bits per heavy atom. The summed E-state index contributed by atoms with van der Waals surface area (Å²) in [5.74, 6) is 0.583. The number of anilines is 1. The maximum Gasteiger partial charge on any atom is 0.257 e. The molecule has 2 aromatic heterocycles. The third-order valence-electron chi connectivity index (χ3n) is 4.19. The van der Waals surface area contributed by atoms with E-state index in [1.165, 1.54) is 17.7 Å². The Bertz CT molecular complexity index is 1090. The molecule has 8 heteroatoms. The van der Waals surface area contributed by atoms with Crippen LogP contribution < -0.4 is 10.1 Å². The Morgan fingerprint density at radius 2 is 1.86 bits per heavy atom. The van der Waals surface area contributed by atoms with Crippen molar-refractivity contribution in [2.24, 2.45) is 0 Å². The number of nitrogens with zero attached hydrogens (tertiary/aromatic N) is 4. The summed E-state index contributed by atoms with van der Waals surface area (Å²) in [6.45, 7) is 1.99. The average Bonchev–Trinajstić information content (AvgIpc) is 3.38. The van der Waals surface area contributed by atoms with Crippen LogP contribution in [0.15, 0.2) is 61.2 Å². The van der Waals surface area contributed by atoms with Crippen LogP contribution in [0.3, 0.4) is 0 Å². The van der Waals surface area contributed by atoms with Crippen LogP contribution >= 0.6 is 11.3 Å². The van der Waals surface area contributed by atoms with E-state index in [9.17, 15) is 4.79 Å². The molecule has 2 heterocycles. The Kier molecular flexibility index (Phi) is 4.86. The molecule has 2 aromatic carbocycles. The van der Waals surface area contributed by atoms with Gasteiger partial charge >= 0.3 is 0 Å². The first-order valence-corrected chi connectivity index (χ1v) is 9.34. The maximum absolute atomic E-state index is 12.6. The molecule has 28 heavy (non-hydrogen) atoms. The van der Waals surface area contributed by atoms with Crippen LogP contribution in [0, 0.1) is 6.92 Å². The van der Waals surface area contributed by atoms with Crippen LogP contribution in [0.2, 0.25) is 0 Å². The summed E-state index contributed by atoms with van der Waals surface area (Å²) >= 11 is 1.45. The number of thiazole rings is 1. The Balaban J connectivity index is 1.50. The monoisotopic (exact) mass is 391 g/mol. The number of hydrogen-bond acceptors (Lipinski definition) is 6. The summed E-state index contributed by atoms with van der Waals surface area (Å²) < 4.78 is 6.82. The second-order valence-corrected chi connectivity index (χ2v) is 7.20. The van der Waals surface area contributed by atoms with Gasteiger partial charge in [0.1, 0.15) is 18.4 Å². The van der Waals surface area contributed by atoms with E-state index >= 15 is 0 Å². The first kappa shape index (κ1) is 17.9. The highest BCUT2D eigenvalue weighted by Crippen LogP contribution is 2.31. The van der Waals surface area contributed by atoms with Crippen molar-refractivity contribution in [1.82, 2.24) is 19.7 Å². The van der Waals surface area contributed by atoms with E-state index in [1.54, 1.807) is 30.3 Å². The summed E-state index contributed by atoms with van der Waals surface area (Å²) in [6.07, 6.45) is 3.07. The summed E-state index contributed by atoms with van der Waals surface area (Å²) in [7, 11) is 1.63. The number of nitrogens with one attached hydrogen (secondary N) is 1. The molecule has 1 N–H and O–H groups in total. The fraction of sp³-hybridized carbons (Fsp3) is 0.100. The first-order valence-electron chi connectivity index (χ1n) is 8.52. The fourth-order valence-electron chi connectivity index (χ4n) is 2.74. The zero-order chi connectivity index (χ0) is 19.5. The minimum atomic E-state index is -0.208. The van der Waals surface area contributed by atoms with Gasteiger partial charge in [-0.2, -0.15) is 5.10 Å². The second-order valence-electron chi connectivity index (χ2n) is 5.99. The molecule has 0 unspecified atom stereocenters. The van der Waals surface area contributed by atoms with Gasteiger partial charge in [0.2, 0.25) is 0 Å². The van der Waals surface area contributed by atoms with Crippen LogP contribution in [-0.4, -0.2) is 32.8 Å². The topological polar surface area (TPSA) is 81.9 Å². The van der Waals surface area contributed by atoms with Crippen LogP contribution in [0.4, 0.5) is 5.13 Å². The van der Waals surface area contributed by atoms with Gasteiger partial charge in [-0.3, -0.25) is 10.1 Å². The molecule has 4 aromatic rings. The van der Waals surface area contributed by atoms with Crippen molar-refractivity contribution >= 4 is 22.4 Å². The lowest BCUT2D eigenvalue weighted by Gasteiger charge is -2.04. The van der Waals surface area contributed by atoms with Crippen molar-refractivity contribution < 1.29 is 9.53 Å². The smallest absolute Gasteiger partial charge is 0.257 e. The molecule has 0 aliphatic heterocycles. The zero-order valence-electron chi connectivity index (χ0n) is 15.3. The molecule has 7 nitrogen and oxygen atoms in total. The van der Waals surface area contributed by atoms with Crippen molar-refractivity contribution in [2.45, 2.75) is 6.92 Å². The third kappa shape index (κ3) is 3.63. The van der Waals surface area contributed by atoms with Crippen LogP contribution in [0.5, 0.6) is 5.75 Å². The zero-order valence-corrected chi connectivity index (χ0v) is 16.1. The molecule has 0 aliphatic rings. The SMILES string of the molecule is COc1ccc(-c2nc(NC(=O)c3ccc(-n4cncn4)cc3)sc2C)cc1. The summed E-state index contributed by atoms with van der Waals surface area (Å²) in [4.78, 5) is 22.1. The number of aromatic nitrogens is 4. The first-order chi connectivity index (χ1) is 13.6. The van der Waals surface area contributed by atoms with Crippen molar-refractivity contribution in [1.29, 1.82) is 0 Å². The lowest BCUT2D eigenvalue weighted by atomic mass is 10.1. The summed E-state index contributed by atoms with van der Waals surface area (Å²) in [5, 5.41) is 7.51. The number of methoxy groups -OCH3 is 1. The number of aryl methyl sites for hydroxylation is 1. The molecule has 1 amide bonds. The van der Waals surface area contributed by atoms with E-state index in [1.807, 2.05) is 43.3 Å². The Hall–Kier alpha value is -3.52. The average molecular weight is 391 g/mol. The van der Waals surface area contributed by atoms with Crippen molar-refractivity contribution in [3.05, 3.63) is 71.6 Å². The highest BCUT2D eigenvalue weighted by molar-refractivity contribution is 7.16. The number of ether oxygens (including phenoxy) is 1. The fourth-order valence-corrected chi connectivity index (χ4v) is 3.57. The molecule has 0 radical (unpaired) electrons. The molecular formula is C20H17N5O2S. The molecule has 0 spiro atoms. The number of amides is 1. The number of rotatable bonds is 5. The highest BCUT2D eigenvalue weighted by Gasteiger charge is 2.13. The maximum atomic E-state index is 12.6. The molecule has 4 rings (SSSR count). The van der Waals surface area contributed by atoms with Gasteiger partial charge < -0.3 is 4.74 Å². The van der Waals surface area contributed by atoms with E-state index in [-0.39, 0.29) is 5.91 Å². The minimum absolute atomic E-state index is 0.208. The van der Waals surface area contributed by atoms with Gasteiger partial charge in [-0.25, -0.2) is 14.6 Å². The van der Waals surface area contributed by atoms with Gasteiger partial charge in [0.05, 0.1) is 18.5 Å². The molecule has 0 saturated heterocycles. The highest BCUT2D eigenvalue weighted by atomic mass is 32.1. The lowest BCUT2D eigenvalue weighted by molar-refractivity contribution is 0.102. The summed E-state index contributed by atoms with van der Waals surface area (Å²) in [6, 6.07) is 14.8. The number of hydrogen-bond donors (Lipinski definition) is 1. The van der Waals surface area contributed by atoms with E-state index in [0.29, 0.717) is 10.7 Å². The molecule has 0 bridgehead atoms. The predicted molar refractivity (Wildman–Crippen MR) is 108 cm³/mol. The van der Waals surface area contributed by atoms with Crippen LogP contribution in [0.1, 0.15) is 15.2 Å². The van der Waals surface area contributed by atoms with Crippen LogP contribution in [0.25, 0.3) is 16.9 Å². The number of carbonyl (C=O) groups is 1. The molecule has 0 aliphatic carbocycles. The Labute approximate surface area is 165 Å². The molecular weight excluding hydrogens is 374 g/mol. The largest absolute Gasteiger partial charge is 0.497 e. The second kappa shape index (κ2) is 7.61. The standard InChI is InChI=1S/C20H17N5O2S/c1-13-18(14-5-9-17(27-2)10-6-14)23-20(28-13)24-19(26)15-3-7-16(8-4-15)25-12-21-11-22-25/h3-12H,1-2H3,(H,23,24,26). The van der Waals surface area contributed by atoms with Gasteiger partial charge in [0.25, 0.3) is 5.91 Å².